The summed E-state index contributed by atoms with van der Waals surface area (Å²) in [6.07, 6.45) is 5.58. The molecule has 0 aromatic rings. The van der Waals surface area contributed by atoms with Crippen molar-refractivity contribution in [2.75, 3.05) is 0 Å². The molecule has 3 saturated carbocycles. The van der Waals surface area contributed by atoms with Gasteiger partial charge in [0.15, 0.2) is 0 Å². The molecule has 0 spiro atoms. The lowest BCUT2D eigenvalue weighted by Gasteiger charge is -2.69. The first-order chi connectivity index (χ1) is 8.52. The van der Waals surface area contributed by atoms with E-state index in [1.807, 2.05) is 0 Å². The molecule has 0 heterocycles. The van der Waals surface area contributed by atoms with Gasteiger partial charge in [-0.15, -0.1) is 0 Å². The second-order valence-corrected chi connectivity index (χ2v) is 6.23. The summed E-state index contributed by atoms with van der Waals surface area (Å²) >= 11 is 0. The minimum absolute atomic E-state index is 0.0667. The van der Waals surface area contributed by atoms with Crippen molar-refractivity contribution in [3.8, 4) is 0 Å². The second kappa shape index (κ2) is 3.94. The lowest BCUT2D eigenvalue weighted by atomic mass is 9.41. The Bertz CT molecular complexity index is 355. The summed E-state index contributed by atoms with van der Waals surface area (Å²) in [4.78, 5) is 11.4. The van der Waals surface area contributed by atoms with Gasteiger partial charge in [-0.1, -0.05) is 12.8 Å². The zero-order chi connectivity index (χ0) is 13.0. The minimum Gasteiger partial charge on any atom is -0.458 e. The van der Waals surface area contributed by atoms with Crippen LogP contribution >= 0.6 is 0 Å². The molecule has 5 atom stereocenters. The van der Waals surface area contributed by atoms with Gasteiger partial charge < -0.3 is 14.9 Å². The third-order valence-electron chi connectivity index (χ3n) is 5.44. The number of esters is 1. The van der Waals surface area contributed by atoms with Crippen molar-refractivity contribution in [1.29, 1.82) is 0 Å². The van der Waals surface area contributed by atoms with Crippen molar-refractivity contribution in [2.45, 2.75) is 69.2 Å². The van der Waals surface area contributed by atoms with Gasteiger partial charge in [0, 0.05) is 18.8 Å². The van der Waals surface area contributed by atoms with E-state index in [9.17, 15) is 15.0 Å². The summed E-state index contributed by atoms with van der Waals surface area (Å²) in [5.41, 5.74) is -1.49. The Hall–Kier alpha value is -0.610. The van der Waals surface area contributed by atoms with E-state index < -0.39 is 17.3 Å². The van der Waals surface area contributed by atoms with Crippen LogP contribution in [-0.4, -0.2) is 33.5 Å². The molecule has 102 valence electrons. The summed E-state index contributed by atoms with van der Waals surface area (Å²) in [5, 5.41) is 21.0. The number of carbonyl (C=O) groups is 1. The Morgan fingerprint density at radius 1 is 1.17 bits per heavy atom. The van der Waals surface area contributed by atoms with Crippen LogP contribution in [0.4, 0.5) is 0 Å². The van der Waals surface area contributed by atoms with E-state index >= 15 is 0 Å². The highest BCUT2D eigenvalue weighted by Crippen LogP contribution is 2.65. The van der Waals surface area contributed by atoms with Crippen LogP contribution in [0.25, 0.3) is 0 Å². The van der Waals surface area contributed by atoms with Crippen molar-refractivity contribution in [3.63, 3.8) is 0 Å². The standard InChI is InChI=1S/C14H22O4/c1-9(15)18-13-8-3-2-5-10(13)14(17)11(13)6-4-7-12(14)16/h10-12,16-17H,2-8H2,1H3/t10-,11+,12+,13+,14-/m1/s1. The van der Waals surface area contributed by atoms with Crippen LogP contribution in [0, 0.1) is 11.8 Å². The van der Waals surface area contributed by atoms with Crippen molar-refractivity contribution in [3.05, 3.63) is 0 Å². The molecule has 0 bridgehead atoms. The smallest absolute Gasteiger partial charge is 0.303 e. The fourth-order valence-electron chi connectivity index (χ4n) is 4.89. The summed E-state index contributed by atoms with van der Waals surface area (Å²) < 4.78 is 5.65. The third-order valence-corrected chi connectivity index (χ3v) is 5.44. The highest BCUT2D eigenvalue weighted by Gasteiger charge is 2.75. The second-order valence-electron chi connectivity index (χ2n) is 6.23. The van der Waals surface area contributed by atoms with Crippen molar-refractivity contribution >= 4 is 5.97 Å². The van der Waals surface area contributed by atoms with Crippen molar-refractivity contribution in [1.82, 2.24) is 0 Å². The van der Waals surface area contributed by atoms with Gasteiger partial charge in [-0.05, 0) is 32.1 Å². The average molecular weight is 254 g/mol. The van der Waals surface area contributed by atoms with Crippen LogP contribution in [0.15, 0.2) is 0 Å². The lowest BCUT2D eigenvalue weighted by Crippen LogP contribution is -2.80. The molecule has 3 aliphatic rings. The Labute approximate surface area is 107 Å². The molecular formula is C14H22O4. The maximum Gasteiger partial charge on any atom is 0.303 e. The number of fused-ring (bicyclic) bond motifs is 4. The topological polar surface area (TPSA) is 66.8 Å². The Morgan fingerprint density at radius 3 is 2.50 bits per heavy atom. The van der Waals surface area contributed by atoms with Crippen LogP contribution in [0.2, 0.25) is 0 Å². The molecule has 0 aliphatic heterocycles. The molecular weight excluding hydrogens is 232 g/mol. The number of ether oxygens (including phenoxy) is 1. The predicted molar refractivity (Wildman–Crippen MR) is 64.8 cm³/mol. The fraction of sp³-hybridized carbons (Fsp3) is 0.929. The molecule has 3 rings (SSSR count). The summed E-state index contributed by atoms with van der Waals surface area (Å²) in [6, 6.07) is 0. The Balaban J connectivity index is 1.94. The third kappa shape index (κ3) is 1.36. The number of aliphatic hydroxyl groups is 2. The number of carbonyl (C=O) groups excluding carboxylic acids is 1. The van der Waals surface area contributed by atoms with Crippen molar-refractivity contribution in [2.24, 2.45) is 11.8 Å². The summed E-state index contributed by atoms with van der Waals surface area (Å²) in [5.74, 6) is -0.394. The molecule has 2 N–H and O–H groups in total. The first-order valence-electron chi connectivity index (χ1n) is 7.12. The molecule has 0 saturated heterocycles. The molecule has 3 fully saturated rings. The van der Waals surface area contributed by atoms with Gasteiger partial charge in [0.25, 0.3) is 0 Å². The van der Waals surface area contributed by atoms with E-state index in [1.165, 1.54) is 6.92 Å². The van der Waals surface area contributed by atoms with Gasteiger partial charge in [0.1, 0.15) is 11.2 Å². The number of hydrogen-bond acceptors (Lipinski definition) is 4. The van der Waals surface area contributed by atoms with E-state index in [-0.39, 0.29) is 17.8 Å². The van der Waals surface area contributed by atoms with Crippen LogP contribution in [0.1, 0.15) is 51.9 Å². The van der Waals surface area contributed by atoms with Gasteiger partial charge in [-0.2, -0.15) is 0 Å². The van der Waals surface area contributed by atoms with Crippen molar-refractivity contribution < 1.29 is 19.7 Å². The largest absolute Gasteiger partial charge is 0.458 e. The van der Waals surface area contributed by atoms with E-state index in [0.29, 0.717) is 6.42 Å². The normalized spacial score (nSPS) is 50.7. The SMILES string of the molecule is CC(=O)O[C@@]12CCCC[C@H]1[C@]1(O)[C@@H](O)CCC[C@@H]21. The van der Waals surface area contributed by atoms with E-state index in [0.717, 1.165) is 38.5 Å². The number of rotatable bonds is 1. The van der Waals surface area contributed by atoms with Gasteiger partial charge in [-0.3, -0.25) is 4.79 Å². The number of aliphatic hydroxyl groups excluding tert-OH is 1. The first kappa shape index (κ1) is 12.4. The average Bonchev–Trinajstić information content (AvgIpc) is 2.31. The van der Waals surface area contributed by atoms with Gasteiger partial charge in [-0.25, -0.2) is 0 Å². The molecule has 18 heavy (non-hydrogen) atoms. The highest BCUT2D eigenvalue weighted by atomic mass is 16.6. The monoisotopic (exact) mass is 254 g/mol. The highest BCUT2D eigenvalue weighted by molar-refractivity contribution is 5.67. The van der Waals surface area contributed by atoms with Gasteiger partial charge in [0.05, 0.1) is 6.10 Å². The zero-order valence-corrected chi connectivity index (χ0v) is 10.9. The molecule has 0 aromatic carbocycles. The molecule has 0 radical (unpaired) electrons. The van der Waals surface area contributed by atoms with Gasteiger partial charge >= 0.3 is 5.97 Å². The first-order valence-corrected chi connectivity index (χ1v) is 7.12. The zero-order valence-electron chi connectivity index (χ0n) is 10.9. The molecule has 0 aromatic heterocycles. The number of hydrogen-bond donors (Lipinski definition) is 2. The predicted octanol–water partition coefficient (Wildman–Crippen LogP) is 1.38. The van der Waals surface area contributed by atoms with E-state index in [2.05, 4.69) is 0 Å². The molecule has 3 aliphatic carbocycles. The molecule has 0 unspecified atom stereocenters. The minimum atomic E-state index is -1.01. The van der Waals surface area contributed by atoms with Crippen LogP contribution in [0.3, 0.4) is 0 Å². The van der Waals surface area contributed by atoms with Crippen LogP contribution in [-0.2, 0) is 9.53 Å². The Kier molecular flexibility index (Phi) is 2.72. The van der Waals surface area contributed by atoms with Gasteiger partial charge in [0.2, 0.25) is 0 Å². The van der Waals surface area contributed by atoms with E-state index in [1.54, 1.807) is 0 Å². The summed E-state index contributed by atoms with van der Waals surface area (Å²) in [6.45, 7) is 1.44. The van der Waals surface area contributed by atoms with E-state index in [4.69, 9.17) is 4.74 Å². The Morgan fingerprint density at radius 2 is 1.83 bits per heavy atom. The molecule has 4 heteroatoms. The maximum atomic E-state index is 11.4. The van der Waals surface area contributed by atoms with Crippen LogP contribution in [0.5, 0.6) is 0 Å². The summed E-state index contributed by atoms with van der Waals surface area (Å²) in [7, 11) is 0. The maximum absolute atomic E-state index is 11.4. The van der Waals surface area contributed by atoms with Crippen LogP contribution < -0.4 is 0 Å². The molecule has 4 nitrogen and oxygen atoms in total. The lowest BCUT2D eigenvalue weighted by molar-refractivity contribution is -0.345. The fourth-order valence-corrected chi connectivity index (χ4v) is 4.89. The molecule has 0 amide bonds. The quantitative estimate of drug-likeness (QED) is 0.694.